The standard InChI is InChI=1S/C11H16N2O2S/c1-10(12-13-16(2,14)15)8-9-11-6-4-3-5-7-11/h3-7,13H,8-9H2,1-2H3. The van der Waals surface area contributed by atoms with Gasteiger partial charge in [-0.1, -0.05) is 30.3 Å². The number of sulfonamides is 1. The monoisotopic (exact) mass is 240 g/mol. The first-order valence-corrected chi connectivity index (χ1v) is 6.90. The normalized spacial score (nSPS) is 12.5. The molecule has 1 rings (SSSR count). The molecule has 5 heteroatoms. The van der Waals surface area contributed by atoms with Gasteiger partial charge < -0.3 is 0 Å². The second-order valence-electron chi connectivity index (χ2n) is 3.70. The number of hydrazone groups is 1. The van der Waals surface area contributed by atoms with Crippen molar-refractivity contribution in [3.8, 4) is 0 Å². The fourth-order valence-corrected chi connectivity index (χ4v) is 1.51. The molecule has 1 N–H and O–H groups in total. The third kappa shape index (κ3) is 5.50. The summed E-state index contributed by atoms with van der Waals surface area (Å²) in [5, 5.41) is 3.79. The van der Waals surface area contributed by atoms with Crippen LogP contribution in [-0.2, 0) is 16.4 Å². The van der Waals surface area contributed by atoms with Crippen LogP contribution in [0.1, 0.15) is 18.9 Å². The van der Waals surface area contributed by atoms with E-state index in [0.29, 0.717) is 0 Å². The fourth-order valence-electron chi connectivity index (χ4n) is 1.19. The molecule has 0 bridgehead atoms. The van der Waals surface area contributed by atoms with Crippen molar-refractivity contribution in [3.05, 3.63) is 35.9 Å². The van der Waals surface area contributed by atoms with Gasteiger partial charge in [-0.2, -0.15) is 5.10 Å². The number of nitrogens with one attached hydrogen (secondary N) is 1. The Bertz CT molecular complexity index is 452. The molecule has 0 radical (unpaired) electrons. The van der Waals surface area contributed by atoms with E-state index in [-0.39, 0.29) is 0 Å². The molecule has 0 saturated carbocycles. The van der Waals surface area contributed by atoms with E-state index in [1.165, 1.54) is 5.56 Å². The highest BCUT2D eigenvalue weighted by Crippen LogP contribution is 2.03. The highest BCUT2D eigenvalue weighted by molar-refractivity contribution is 7.88. The third-order valence-electron chi connectivity index (χ3n) is 2.02. The predicted octanol–water partition coefficient (Wildman–Crippen LogP) is 1.54. The Labute approximate surface area is 96.4 Å². The van der Waals surface area contributed by atoms with Gasteiger partial charge in [0.05, 0.1) is 6.26 Å². The fraction of sp³-hybridized carbons (Fsp3) is 0.364. The van der Waals surface area contributed by atoms with Crippen molar-refractivity contribution in [2.75, 3.05) is 6.26 Å². The lowest BCUT2D eigenvalue weighted by molar-refractivity contribution is 0.590. The van der Waals surface area contributed by atoms with Gasteiger partial charge in [-0.15, -0.1) is 0 Å². The lowest BCUT2D eigenvalue weighted by Gasteiger charge is -2.02. The minimum absolute atomic E-state index is 0.743. The molecule has 0 heterocycles. The molecule has 0 fully saturated rings. The summed E-state index contributed by atoms with van der Waals surface area (Å²) in [5.41, 5.74) is 1.99. The summed E-state index contributed by atoms with van der Waals surface area (Å²) in [6.45, 7) is 1.81. The summed E-state index contributed by atoms with van der Waals surface area (Å²) >= 11 is 0. The van der Waals surface area contributed by atoms with Gasteiger partial charge in [0, 0.05) is 5.71 Å². The minimum atomic E-state index is -3.24. The van der Waals surface area contributed by atoms with Crippen molar-refractivity contribution < 1.29 is 8.42 Å². The number of hydrogen-bond donors (Lipinski definition) is 1. The maximum absolute atomic E-state index is 10.8. The van der Waals surface area contributed by atoms with Gasteiger partial charge in [0.2, 0.25) is 10.0 Å². The average molecular weight is 240 g/mol. The molecule has 88 valence electrons. The van der Waals surface area contributed by atoms with E-state index in [1.54, 1.807) is 6.92 Å². The summed E-state index contributed by atoms with van der Waals surface area (Å²) < 4.78 is 21.6. The highest BCUT2D eigenvalue weighted by atomic mass is 32.2. The number of nitrogens with zero attached hydrogens (tertiary/aromatic N) is 1. The average Bonchev–Trinajstić information content (AvgIpc) is 2.24. The SMILES string of the molecule is CC(CCc1ccccc1)=NNS(C)(=O)=O. The third-order valence-corrected chi connectivity index (χ3v) is 2.44. The Hall–Kier alpha value is -1.36. The van der Waals surface area contributed by atoms with Gasteiger partial charge in [0.15, 0.2) is 0 Å². The number of hydrogen-bond acceptors (Lipinski definition) is 3. The van der Waals surface area contributed by atoms with Crippen LogP contribution in [0.5, 0.6) is 0 Å². The van der Waals surface area contributed by atoms with Crippen LogP contribution in [0.15, 0.2) is 35.4 Å². The quantitative estimate of drug-likeness (QED) is 0.627. The van der Waals surface area contributed by atoms with Crippen LogP contribution < -0.4 is 4.83 Å². The zero-order valence-corrected chi connectivity index (χ0v) is 10.3. The van der Waals surface area contributed by atoms with Gasteiger partial charge >= 0.3 is 0 Å². The topological polar surface area (TPSA) is 58.5 Å². The molecule has 0 saturated heterocycles. The molecule has 1 aromatic rings. The van der Waals surface area contributed by atoms with E-state index in [2.05, 4.69) is 9.93 Å². The van der Waals surface area contributed by atoms with Crippen molar-refractivity contribution in [2.24, 2.45) is 5.10 Å². The van der Waals surface area contributed by atoms with Gasteiger partial charge in [-0.05, 0) is 25.3 Å². The second kappa shape index (κ2) is 5.65. The van der Waals surface area contributed by atoms with Crippen molar-refractivity contribution in [3.63, 3.8) is 0 Å². The molecule has 16 heavy (non-hydrogen) atoms. The molecule has 0 aliphatic heterocycles. The molecule has 1 aromatic carbocycles. The molecule has 0 unspecified atom stereocenters. The molecule has 4 nitrogen and oxygen atoms in total. The largest absolute Gasteiger partial charge is 0.244 e. The van der Waals surface area contributed by atoms with Crippen LogP contribution in [-0.4, -0.2) is 20.4 Å². The number of benzene rings is 1. The van der Waals surface area contributed by atoms with Crippen molar-refractivity contribution >= 4 is 15.7 Å². The Morgan fingerprint density at radius 2 is 1.94 bits per heavy atom. The number of aryl methyl sites for hydroxylation is 1. The van der Waals surface area contributed by atoms with Crippen LogP contribution in [0.4, 0.5) is 0 Å². The second-order valence-corrected chi connectivity index (χ2v) is 5.42. The predicted molar refractivity (Wildman–Crippen MR) is 65.9 cm³/mol. The zero-order valence-electron chi connectivity index (χ0n) is 9.47. The van der Waals surface area contributed by atoms with E-state index in [1.807, 2.05) is 30.3 Å². The van der Waals surface area contributed by atoms with Crippen LogP contribution in [0.3, 0.4) is 0 Å². The Morgan fingerprint density at radius 1 is 1.31 bits per heavy atom. The summed E-state index contributed by atoms with van der Waals surface area (Å²) in [7, 11) is -3.24. The Morgan fingerprint density at radius 3 is 2.50 bits per heavy atom. The first-order chi connectivity index (χ1) is 7.47. The Balaban J connectivity index is 2.44. The van der Waals surface area contributed by atoms with Crippen molar-refractivity contribution in [1.29, 1.82) is 0 Å². The summed E-state index contributed by atoms with van der Waals surface area (Å²) in [6, 6.07) is 10.0. The van der Waals surface area contributed by atoms with Crippen LogP contribution in [0.25, 0.3) is 0 Å². The minimum Gasteiger partial charge on any atom is -0.206 e. The highest BCUT2D eigenvalue weighted by Gasteiger charge is 1.98. The first-order valence-electron chi connectivity index (χ1n) is 5.01. The summed E-state index contributed by atoms with van der Waals surface area (Å²) in [6.07, 6.45) is 2.69. The maximum atomic E-state index is 10.8. The van der Waals surface area contributed by atoms with E-state index in [9.17, 15) is 8.42 Å². The van der Waals surface area contributed by atoms with Gasteiger partial charge in [-0.3, -0.25) is 0 Å². The van der Waals surface area contributed by atoms with Crippen LogP contribution in [0.2, 0.25) is 0 Å². The first kappa shape index (κ1) is 12.7. The molecule has 0 atom stereocenters. The van der Waals surface area contributed by atoms with E-state index >= 15 is 0 Å². The number of rotatable bonds is 5. The molecule has 0 amide bonds. The smallest absolute Gasteiger partial charge is 0.206 e. The van der Waals surface area contributed by atoms with E-state index in [4.69, 9.17) is 0 Å². The molecule has 0 aliphatic rings. The molecular formula is C11H16N2O2S. The van der Waals surface area contributed by atoms with Crippen LogP contribution in [0, 0.1) is 0 Å². The molecule has 0 aromatic heterocycles. The van der Waals surface area contributed by atoms with Gasteiger partial charge in [0.1, 0.15) is 0 Å². The zero-order chi connectivity index (χ0) is 12.0. The van der Waals surface area contributed by atoms with Gasteiger partial charge in [-0.25, -0.2) is 13.2 Å². The van der Waals surface area contributed by atoms with E-state index < -0.39 is 10.0 Å². The molecule has 0 spiro atoms. The lowest BCUT2D eigenvalue weighted by atomic mass is 10.1. The summed E-state index contributed by atoms with van der Waals surface area (Å²) in [4.78, 5) is 2.12. The van der Waals surface area contributed by atoms with E-state index in [0.717, 1.165) is 24.8 Å². The lowest BCUT2D eigenvalue weighted by Crippen LogP contribution is -2.17. The van der Waals surface area contributed by atoms with Gasteiger partial charge in [0.25, 0.3) is 0 Å². The Kier molecular flexibility index (Phi) is 4.49. The van der Waals surface area contributed by atoms with Crippen LogP contribution >= 0.6 is 0 Å². The molecular weight excluding hydrogens is 224 g/mol. The van der Waals surface area contributed by atoms with Crippen molar-refractivity contribution in [2.45, 2.75) is 19.8 Å². The maximum Gasteiger partial charge on any atom is 0.244 e. The van der Waals surface area contributed by atoms with Crippen molar-refractivity contribution in [1.82, 2.24) is 4.83 Å². The summed E-state index contributed by atoms with van der Waals surface area (Å²) in [5.74, 6) is 0. The molecule has 0 aliphatic carbocycles.